The summed E-state index contributed by atoms with van der Waals surface area (Å²) in [7, 11) is 0. The summed E-state index contributed by atoms with van der Waals surface area (Å²) in [6.07, 6.45) is 2.09. The molecule has 0 fully saturated rings. The summed E-state index contributed by atoms with van der Waals surface area (Å²) in [6, 6.07) is 6.58. The zero-order valence-corrected chi connectivity index (χ0v) is 11.7. The zero-order valence-electron chi connectivity index (χ0n) is 7.58. The second-order valence-corrected chi connectivity index (χ2v) is 5.97. The molecule has 0 saturated heterocycles. The van der Waals surface area contributed by atoms with E-state index in [1.165, 1.54) is 19.9 Å². The van der Waals surface area contributed by atoms with Crippen LogP contribution in [0.2, 0.25) is 0 Å². The van der Waals surface area contributed by atoms with Gasteiger partial charge in [0.25, 0.3) is 0 Å². The van der Waals surface area contributed by atoms with Crippen LogP contribution in [0.4, 0.5) is 0 Å². The first-order chi connectivity index (χ1) is 6.74. The van der Waals surface area contributed by atoms with Crippen molar-refractivity contribution in [2.75, 3.05) is 6.26 Å². The summed E-state index contributed by atoms with van der Waals surface area (Å²) in [4.78, 5) is 3.72. The van der Waals surface area contributed by atoms with E-state index in [4.69, 9.17) is 0 Å². The van der Waals surface area contributed by atoms with Crippen molar-refractivity contribution in [3.63, 3.8) is 0 Å². The Hall–Kier alpha value is 0.360. The third-order valence-corrected chi connectivity index (χ3v) is 5.36. The van der Waals surface area contributed by atoms with Gasteiger partial charge in [0.15, 0.2) is 0 Å². The average molecular weight is 305 g/mol. The van der Waals surface area contributed by atoms with Gasteiger partial charge < -0.3 is 0 Å². The number of hydrogen-bond acceptors (Lipinski definition) is 3. The molecule has 1 heterocycles. The van der Waals surface area contributed by atoms with E-state index in [1.54, 1.807) is 11.8 Å². The fourth-order valence-electron chi connectivity index (χ4n) is 1.34. The van der Waals surface area contributed by atoms with Crippen molar-refractivity contribution in [1.82, 2.24) is 0 Å². The van der Waals surface area contributed by atoms with Gasteiger partial charge in [0.1, 0.15) is 0 Å². The van der Waals surface area contributed by atoms with E-state index in [0.29, 0.717) is 0 Å². The summed E-state index contributed by atoms with van der Waals surface area (Å²) >= 11 is 11.6. The van der Waals surface area contributed by atoms with E-state index in [2.05, 4.69) is 53.0 Å². The van der Waals surface area contributed by atoms with E-state index in [1.807, 2.05) is 11.3 Å². The minimum Gasteiger partial charge on any atom is -0.142 e. The molecule has 0 atom stereocenters. The summed E-state index contributed by atoms with van der Waals surface area (Å²) in [5, 5.41) is 2.23. The maximum absolute atomic E-state index is 4.51. The number of thiophene rings is 1. The predicted octanol–water partition coefficient (Wildman–Crippen LogP) is 4.81. The van der Waals surface area contributed by atoms with Crippen LogP contribution >= 0.6 is 51.7 Å². The maximum Gasteiger partial charge on any atom is 0.0480 e. The third-order valence-electron chi connectivity index (χ3n) is 1.99. The quantitative estimate of drug-likeness (QED) is 0.472. The van der Waals surface area contributed by atoms with E-state index in [9.17, 15) is 0 Å². The van der Waals surface area contributed by atoms with Crippen LogP contribution in [0.5, 0.6) is 0 Å². The molecule has 0 spiro atoms. The lowest BCUT2D eigenvalue weighted by Crippen LogP contribution is -1.71. The normalized spacial score (nSPS) is 11.1. The number of halogens is 1. The number of rotatable bonds is 2. The minimum atomic E-state index is 0.925. The molecule has 0 aliphatic heterocycles. The molecule has 0 radical (unpaired) electrons. The molecule has 0 aliphatic rings. The molecule has 0 aliphatic carbocycles. The number of thiol groups is 1. The molecule has 2 rings (SSSR count). The van der Waals surface area contributed by atoms with Gasteiger partial charge in [-0.2, -0.15) is 0 Å². The third kappa shape index (κ3) is 1.98. The van der Waals surface area contributed by atoms with Crippen molar-refractivity contribution in [1.29, 1.82) is 0 Å². The van der Waals surface area contributed by atoms with Crippen LogP contribution in [0.25, 0.3) is 10.1 Å². The molecule has 0 nitrogen and oxygen atoms in total. The van der Waals surface area contributed by atoms with Crippen molar-refractivity contribution < 1.29 is 0 Å². The Kier molecular flexibility index (Phi) is 3.47. The van der Waals surface area contributed by atoms with Gasteiger partial charge in [-0.05, 0) is 29.8 Å². The fourth-order valence-corrected chi connectivity index (χ4v) is 3.72. The van der Waals surface area contributed by atoms with Gasteiger partial charge in [0.2, 0.25) is 0 Å². The molecular weight excluding hydrogens is 296 g/mol. The lowest BCUT2D eigenvalue weighted by molar-refractivity contribution is 1.42. The van der Waals surface area contributed by atoms with Gasteiger partial charge in [-0.1, -0.05) is 15.9 Å². The van der Waals surface area contributed by atoms with Crippen LogP contribution in [0.15, 0.2) is 28.0 Å². The maximum atomic E-state index is 4.51. The molecule has 74 valence electrons. The first-order valence-corrected chi connectivity index (χ1v) is 7.71. The van der Waals surface area contributed by atoms with Gasteiger partial charge in [-0.25, -0.2) is 0 Å². The van der Waals surface area contributed by atoms with Gasteiger partial charge >= 0.3 is 0 Å². The lowest BCUT2D eigenvalue weighted by Gasteiger charge is -1.99. The summed E-state index contributed by atoms with van der Waals surface area (Å²) < 4.78 is 1.29. The monoisotopic (exact) mass is 304 g/mol. The molecule has 14 heavy (non-hydrogen) atoms. The minimum absolute atomic E-state index is 0.925. The van der Waals surface area contributed by atoms with Crippen LogP contribution in [0.1, 0.15) is 4.88 Å². The SMILES string of the molecule is CSc1cc(S)c2sc(CBr)cc2c1. The molecule has 1 aromatic carbocycles. The summed E-state index contributed by atoms with van der Waals surface area (Å²) in [5.74, 6) is 0. The van der Waals surface area contributed by atoms with Crippen molar-refractivity contribution in [3.05, 3.63) is 23.1 Å². The number of alkyl halides is 1. The first kappa shape index (κ1) is 10.9. The van der Waals surface area contributed by atoms with Crippen LogP contribution in [-0.2, 0) is 5.33 Å². The van der Waals surface area contributed by atoms with Crippen LogP contribution in [0.3, 0.4) is 0 Å². The second-order valence-electron chi connectivity index (χ2n) is 2.91. The molecule has 1 aromatic heterocycles. The van der Waals surface area contributed by atoms with Gasteiger partial charge in [0, 0.05) is 24.7 Å². The molecule has 0 unspecified atom stereocenters. The van der Waals surface area contributed by atoms with Crippen molar-refractivity contribution >= 4 is 61.7 Å². The predicted molar refractivity (Wildman–Crippen MR) is 73.5 cm³/mol. The van der Waals surface area contributed by atoms with Crippen molar-refractivity contribution in [3.8, 4) is 0 Å². The average Bonchev–Trinajstić information content (AvgIpc) is 2.61. The Bertz CT molecular complexity index is 462. The van der Waals surface area contributed by atoms with Crippen LogP contribution in [-0.4, -0.2) is 6.26 Å². The molecule has 0 bridgehead atoms. The van der Waals surface area contributed by atoms with E-state index in [-0.39, 0.29) is 0 Å². The smallest absolute Gasteiger partial charge is 0.0480 e. The Morgan fingerprint density at radius 2 is 2.21 bits per heavy atom. The molecule has 2 aromatic rings. The van der Waals surface area contributed by atoms with Gasteiger partial charge in [-0.15, -0.1) is 35.7 Å². The van der Waals surface area contributed by atoms with Crippen LogP contribution < -0.4 is 0 Å². The van der Waals surface area contributed by atoms with Gasteiger partial charge in [-0.3, -0.25) is 0 Å². The Balaban J connectivity index is 2.67. The summed E-state index contributed by atoms with van der Waals surface area (Å²) in [5.41, 5.74) is 0. The zero-order chi connectivity index (χ0) is 10.1. The van der Waals surface area contributed by atoms with Crippen molar-refractivity contribution in [2.45, 2.75) is 15.1 Å². The standard InChI is InChI=1S/C10H9BrS3/c1-13-7-2-6-3-8(5-11)14-10(6)9(12)4-7/h2-4,12H,5H2,1H3. The molecule has 0 amide bonds. The topological polar surface area (TPSA) is 0 Å². The van der Waals surface area contributed by atoms with E-state index >= 15 is 0 Å². The largest absolute Gasteiger partial charge is 0.142 e. The number of fused-ring (bicyclic) bond motifs is 1. The van der Waals surface area contributed by atoms with Crippen LogP contribution in [0, 0.1) is 0 Å². The fraction of sp³-hybridized carbons (Fsp3) is 0.200. The molecule has 0 N–H and O–H groups in total. The highest BCUT2D eigenvalue weighted by molar-refractivity contribution is 9.08. The van der Waals surface area contributed by atoms with E-state index in [0.717, 1.165) is 10.2 Å². The Morgan fingerprint density at radius 1 is 1.43 bits per heavy atom. The van der Waals surface area contributed by atoms with E-state index < -0.39 is 0 Å². The lowest BCUT2D eigenvalue weighted by atomic mass is 10.2. The summed E-state index contributed by atoms with van der Waals surface area (Å²) in [6.45, 7) is 0. The number of hydrogen-bond donors (Lipinski definition) is 1. The molecule has 4 heteroatoms. The van der Waals surface area contributed by atoms with Crippen molar-refractivity contribution in [2.24, 2.45) is 0 Å². The highest BCUT2D eigenvalue weighted by Gasteiger charge is 2.05. The van der Waals surface area contributed by atoms with Gasteiger partial charge in [0.05, 0.1) is 0 Å². The second kappa shape index (κ2) is 4.47. The Labute approximate surface area is 106 Å². The number of thioether (sulfide) groups is 1. The molecular formula is C10H9BrS3. The number of benzene rings is 1. The first-order valence-electron chi connectivity index (χ1n) is 4.10. The molecule has 0 saturated carbocycles. The Morgan fingerprint density at radius 3 is 2.86 bits per heavy atom. The highest BCUT2D eigenvalue weighted by atomic mass is 79.9. The highest BCUT2D eigenvalue weighted by Crippen LogP contribution is 2.35.